The summed E-state index contributed by atoms with van der Waals surface area (Å²) >= 11 is 0. The van der Waals surface area contributed by atoms with Crippen molar-refractivity contribution in [2.75, 3.05) is 32.4 Å². The summed E-state index contributed by atoms with van der Waals surface area (Å²) < 4.78 is 0. The van der Waals surface area contributed by atoms with Crippen molar-refractivity contribution in [1.82, 2.24) is 14.8 Å². The molecule has 0 saturated carbocycles. The Bertz CT molecular complexity index is 449. The molecule has 0 aliphatic carbocycles. The van der Waals surface area contributed by atoms with E-state index in [9.17, 15) is 4.79 Å². The van der Waals surface area contributed by atoms with Gasteiger partial charge < -0.3 is 10.6 Å². The molecule has 0 bridgehead atoms. The quantitative estimate of drug-likeness (QED) is 0.886. The molecule has 1 amide bonds. The van der Waals surface area contributed by atoms with E-state index in [4.69, 9.17) is 5.73 Å². The van der Waals surface area contributed by atoms with Gasteiger partial charge in [0.05, 0.1) is 0 Å². The van der Waals surface area contributed by atoms with Crippen LogP contribution in [0.25, 0.3) is 0 Å². The van der Waals surface area contributed by atoms with Crippen molar-refractivity contribution in [1.29, 1.82) is 0 Å². The highest BCUT2D eigenvalue weighted by Gasteiger charge is 2.26. The lowest BCUT2D eigenvalue weighted by Crippen LogP contribution is -2.41. The normalized spacial score (nSPS) is 19.6. The Morgan fingerprint density at radius 2 is 2.37 bits per heavy atom. The van der Waals surface area contributed by atoms with Gasteiger partial charge >= 0.3 is 0 Å². The number of hydrogen-bond acceptors (Lipinski definition) is 4. The van der Waals surface area contributed by atoms with E-state index in [-0.39, 0.29) is 5.91 Å². The lowest BCUT2D eigenvalue weighted by Gasteiger charge is -2.27. The van der Waals surface area contributed by atoms with Gasteiger partial charge in [-0.2, -0.15) is 0 Å². The highest BCUT2D eigenvalue weighted by molar-refractivity contribution is 5.92. The van der Waals surface area contributed by atoms with Gasteiger partial charge in [0.25, 0.3) is 5.91 Å². The molecule has 2 heterocycles. The van der Waals surface area contributed by atoms with Crippen LogP contribution in [0.2, 0.25) is 0 Å². The lowest BCUT2D eigenvalue weighted by molar-refractivity contribution is 0.0749. The first kappa shape index (κ1) is 13.8. The summed E-state index contributed by atoms with van der Waals surface area (Å²) in [7, 11) is 1.83. The van der Waals surface area contributed by atoms with Gasteiger partial charge in [-0.05, 0) is 38.1 Å². The fraction of sp³-hybridized carbons (Fsp3) is 0.571. The van der Waals surface area contributed by atoms with Crippen molar-refractivity contribution >= 4 is 11.7 Å². The average molecular weight is 262 g/mol. The molecule has 1 aliphatic rings. The molecule has 0 radical (unpaired) electrons. The molecular formula is C14H22N4O. The largest absolute Gasteiger partial charge is 0.384 e. The number of likely N-dealkylation sites (tertiary alicyclic amines) is 1. The number of anilines is 1. The number of nitrogen functional groups attached to an aromatic ring is 1. The fourth-order valence-corrected chi connectivity index (χ4v) is 2.68. The minimum absolute atomic E-state index is 0.0600. The van der Waals surface area contributed by atoms with Crippen LogP contribution in [0.3, 0.4) is 0 Å². The van der Waals surface area contributed by atoms with E-state index < -0.39 is 0 Å². The Hall–Kier alpha value is -1.62. The molecule has 5 nitrogen and oxygen atoms in total. The maximum Gasteiger partial charge on any atom is 0.272 e. The van der Waals surface area contributed by atoms with Crippen molar-refractivity contribution < 1.29 is 4.79 Å². The number of nitrogens with two attached hydrogens (primary N) is 1. The maximum absolute atomic E-state index is 12.3. The molecular weight excluding hydrogens is 240 g/mol. The third-order valence-electron chi connectivity index (χ3n) is 3.73. The Morgan fingerprint density at radius 1 is 1.58 bits per heavy atom. The molecule has 2 N–H and O–H groups in total. The fourth-order valence-electron chi connectivity index (χ4n) is 2.68. The van der Waals surface area contributed by atoms with Gasteiger partial charge in [0.2, 0.25) is 0 Å². The molecule has 1 aliphatic heterocycles. The summed E-state index contributed by atoms with van der Waals surface area (Å²) in [6.07, 6.45) is 2.38. The first-order valence-corrected chi connectivity index (χ1v) is 6.84. The van der Waals surface area contributed by atoms with Gasteiger partial charge in [-0.1, -0.05) is 13.0 Å². The number of rotatable bonds is 4. The second-order valence-corrected chi connectivity index (χ2v) is 5.06. The van der Waals surface area contributed by atoms with Crippen LogP contribution in [-0.4, -0.2) is 53.4 Å². The van der Waals surface area contributed by atoms with Crippen LogP contribution in [0, 0.1) is 0 Å². The predicted octanol–water partition coefficient (Wildman–Crippen LogP) is 1.22. The molecule has 0 aromatic carbocycles. The predicted molar refractivity (Wildman–Crippen MR) is 75.9 cm³/mol. The molecule has 19 heavy (non-hydrogen) atoms. The Kier molecular flexibility index (Phi) is 4.37. The monoisotopic (exact) mass is 262 g/mol. The Balaban J connectivity index is 1.99. The maximum atomic E-state index is 12.3. The van der Waals surface area contributed by atoms with Gasteiger partial charge in [-0.15, -0.1) is 0 Å². The van der Waals surface area contributed by atoms with Crippen molar-refractivity contribution in [3.63, 3.8) is 0 Å². The van der Waals surface area contributed by atoms with E-state index in [2.05, 4.69) is 16.8 Å². The highest BCUT2D eigenvalue weighted by atomic mass is 16.2. The minimum Gasteiger partial charge on any atom is -0.384 e. The summed E-state index contributed by atoms with van der Waals surface area (Å²) in [4.78, 5) is 20.5. The first-order valence-electron chi connectivity index (χ1n) is 6.84. The number of nitrogens with zero attached hydrogens (tertiary/aromatic N) is 3. The van der Waals surface area contributed by atoms with Crippen LogP contribution in [0.5, 0.6) is 0 Å². The van der Waals surface area contributed by atoms with Gasteiger partial charge in [-0.3, -0.25) is 9.69 Å². The third kappa shape index (κ3) is 3.23. The van der Waals surface area contributed by atoms with Crippen molar-refractivity contribution in [3.8, 4) is 0 Å². The van der Waals surface area contributed by atoms with Crippen LogP contribution in [-0.2, 0) is 0 Å². The standard InChI is InChI=1S/C14H22N4O/c1-3-18-9-5-6-11(18)10-17(2)14(19)12-7-4-8-13(15)16-12/h4,7-8,11H,3,5-6,9-10H2,1-2H3,(H2,15,16). The molecule has 1 fully saturated rings. The van der Waals surface area contributed by atoms with E-state index in [1.165, 1.54) is 6.42 Å². The van der Waals surface area contributed by atoms with Crippen LogP contribution in [0.4, 0.5) is 5.82 Å². The Labute approximate surface area is 114 Å². The zero-order valence-corrected chi connectivity index (χ0v) is 11.7. The van der Waals surface area contributed by atoms with Crippen molar-refractivity contribution in [2.24, 2.45) is 0 Å². The zero-order valence-electron chi connectivity index (χ0n) is 11.7. The molecule has 1 aromatic heterocycles. The highest BCUT2D eigenvalue weighted by Crippen LogP contribution is 2.17. The summed E-state index contributed by atoms with van der Waals surface area (Å²) in [6.45, 7) is 5.10. The number of amides is 1. The third-order valence-corrected chi connectivity index (χ3v) is 3.73. The van der Waals surface area contributed by atoms with Gasteiger partial charge in [0.1, 0.15) is 11.5 Å². The average Bonchev–Trinajstić information content (AvgIpc) is 2.85. The number of carbonyl (C=O) groups excluding carboxylic acids is 1. The molecule has 1 unspecified atom stereocenters. The van der Waals surface area contributed by atoms with Crippen LogP contribution >= 0.6 is 0 Å². The number of carbonyl (C=O) groups is 1. The Morgan fingerprint density at radius 3 is 3.05 bits per heavy atom. The second kappa shape index (κ2) is 6.02. The van der Waals surface area contributed by atoms with Crippen molar-refractivity contribution in [3.05, 3.63) is 23.9 Å². The molecule has 104 valence electrons. The number of pyridine rings is 1. The molecule has 5 heteroatoms. The van der Waals surface area contributed by atoms with Crippen molar-refractivity contribution in [2.45, 2.75) is 25.8 Å². The molecule has 1 atom stereocenters. The number of aromatic nitrogens is 1. The van der Waals surface area contributed by atoms with Crippen LogP contribution in [0.1, 0.15) is 30.3 Å². The summed E-state index contributed by atoms with van der Waals surface area (Å²) in [5.74, 6) is 0.325. The number of likely N-dealkylation sites (N-methyl/N-ethyl adjacent to an activating group) is 2. The van der Waals surface area contributed by atoms with E-state index in [1.54, 1.807) is 23.1 Å². The van der Waals surface area contributed by atoms with Crippen LogP contribution in [0.15, 0.2) is 18.2 Å². The lowest BCUT2D eigenvalue weighted by atomic mass is 10.2. The van der Waals surface area contributed by atoms with E-state index >= 15 is 0 Å². The van der Waals surface area contributed by atoms with E-state index in [1.807, 2.05) is 7.05 Å². The van der Waals surface area contributed by atoms with E-state index in [0.29, 0.717) is 17.6 Å². The van der Waals surface area contributed by atoms with Gasteiger partial charge in [-0.25, -0.2) is 4.98 Å². The second-order valence-electron chi connectivity index (χ2n) is 5.06. The van der Waals surface area contributed by atoms with E-state index in [0.717, 1.165) is 26.1 Å². The molecule has 0 spiro atoms. The summed E-state index contributed by atoms with van der Waals surface area (Å²) in [5, 5.41) is 0. The summed E-state index contributed by atoms with van der Waals surface area (Å²) in [6, 6.07) is 5.63. The first-order chi connectivity index (χ1) is 9.11. The van der Waals surface area contributed by atoms with Crippen LogP contribution < -0.4 is 5.73 Å². The molecule has 2 rings (SSSR count). The number of hydrogen-bond donors (Lipinski definition) is 1. The summed E-state index contributed by atoms with van der Waals surface area (Å²) in [5.41, 5.74) is 6.03. The smallest absolute Gasteiger partial charge is 0.272 e. The van der Waals surface area contributed by atoms with Gasteiger partial charge in [0, 0.05) is 19.6 Å². The topological polar surface area (TPSA) is 62.5 Å². The SMILES string of the molecule is CCN1CCCC1CN(C)C(=O)c1cccc(N)n1. The zero-order chi connectivity index (χ0) is 13.8. The minimum atomic E-state index is -0.0600. The molecule has 1 aromatic rings. The van der Waals surface area contributed by atoms with Gasteiger partial charge in [0.15, 0.2) is 0 Å². The molecule has 1 saturated heterocycles.